The van der Waals surface area contributed by atoms with Crippen molar-refractivity contribution in [2.45, 2.75) is 19.3 Å². The Kier molecular flexibility index (Phi) is 4.97. The zero-order chi connectivity index (χ0) is 31.7. The van der Waals surface area contributed by atoms with Gasteiger partial charge in [0.1, 0.15) is 11.2 Å². The molecule has 10 aromatic rings. The van der Waals surface area contributed by atoms with Crippen LogP contribution in [0.3, 0.4) is 0 Å². The number of para-hydroxylation sites is 1. The summed E-state index contributed by atoms with van der Waals surface area (Å²) in [6, 6.07) is 53.8. The average Bonchev–Trinajstić information content (AvgIpc) is 3.61. The van der Waals surface area contributed by atoms with Gasteiger partial charge in [-0.3, -0.25) is 0 Å². The van der Waals surface area contributed by atoms with Crippen molar-refractivity contribution >= 4 is 75.8 Å². The van der Waals surface area contributed by atoms with Gasteiger partial charge in [-0.25, -0.2) is 0 Å². The summed E-state index contributed by atoms with van der Waals surface area (Å²) >= 11 is 0. The topological polar surface area (TPSA) is 13.1 Å². The van der Waals surface area contributed by atoms with E-state index < -0.39 is 0 Å². The number of furan rings is 1. The van der Waals surface area contributed by atoms with Crippen LogP contribution in [0, 0.1) is 0 Å². The summed E-state index contributed by atoms with van der Waals surface area (Å²) in [5.74, 6) is 0. The van der Waals surface area contributed by atoms with Crippen LogP contribution in [0.1, 0.15) is 25.0 Å². The third kappa shape index (κ3) is 3.21. The molecule has 0 saturated heterocycles. The van der Waals surface area contributed by atoms with Crippen molar-refractivity contribution in [2.24, 2.45) is 0 Å². The van der Waals surface area contributed by atoms with Crippen LogP contribution in [0.4, 0.5) is 0 Å². The molecule has 0 bridgehead atoms. The van der Waals surface area contributed by atoms with Crippen molar-refractivity contribution in [2.75, 3.05) is 0 Å². The zero-order valence-corrected chi connectivity index (χ0v) is 26.8. The molecule has 9 aromatic carbocycles. The lowest BCUT2D eigenvalue weighted by molar-refractivity contribution is 0.663. The molecule has 0 aliphatic heterocycles. The Morgan fingerprint density at radius 3 is 1.67 bits per heavy atom. The van der Waals surface area contributed by atoms with Crippen LogP contribution >= 0.6 is 0 Å². The molecule has 48 heavy (non-hydrogen) atoms. The first-order valence-electron chi connectivity index (χ1n) is 16.9. The molecule has 1 aliphatic carbocycles. The van der Waals surface area contributed by atoms with Gasteiger partial charge in [-0.05, 0) is 94.3 Å². The molecule has 224 valence electrons. The predicted molar refractivity (Wildman–Crippen MR) is 204 cm³/mol. The molecular formula is C47H30O. The molecule has 0 saturated carbocycles. The van der Waals surface area contributed by atoms with Crippen LogP contribution in [-0.2, 0) is 5.41 Å². The molecule has 1 heteroatoms. The summed E-state index contributed by atoms with van der Waals surface area (Å²) in [5.41, 5.74) is 9.63. The molecule has 1 aromatic heterocycles. The molecule has 0 fully saturated rings. The first-order chi connectivity index (χ1) is 23.6. The van der Waals surface area contributed by atoms with E-state index in [0.29, 0.717) is 0 Å². The van der Waals surface area contributed by atoms with E-state index in [-0.39, 0.29) is 5.41 Å². The largest absolute Gasteiger partial charge is 0.455 e. The molecule has 1 heterocycles. The van der Waals surface area contributed by atoms with E-state index in [1.165, 1.54) is 81.7 Å². The summed E-state index contributed by atoms with van der Waals surface area (Å²) in [6.45, 7) is 4.75. The maximum atomic E-state index is 6.80. The lowest BCUT2D eigenvalue weighted by Crippen LogP contribution is -2.14. The normalized spacial score (nSPS) is 13.8. The second-order valence-corrected chi connectivity index (χ2v) is 14.0. The fraction of sp³-hybridized carbons (Fsp3) is 0.0638. The Labute approximate surface area is 277 Å². The zero-order valence-electron chi connectivity index (χ0n) is 26.8. The number of hydrogen-bond donors (Lipinski definition) is 0. The smallest absolute Gasteiger partial charge is 0.143 e. The van der Waals surface area contributed by atoms with Crippen LogP contribution in [0.25, 0.3) is 98.1 Å². The quantitative estimate of drug-likeness (QED) is 0.140. The molecule has 1 aliphatic rings. The molecule has 0 N–H and O–H groups in total. The van der Waals surface area contributed by atoms with Gasteiger partial charge in [0.05, 0.1) is 0 Å². The van der Waals surface area contributed by atoms with Gasteiger partial charge in [0.2, 0.25) is 0 Å². The maximum Gasteiger partial charge on any atom is 0.143 e. The van der Waals surface area contributed by atoms with Gasteiger partial charge in [-0.2, -0.15) is 0 Å². The van der Waals surface area contributed by atoms with Crippen LogP contribution in [0.5, 0.6) is 0 Å². The molecule has 0 unspecified atom stereocenters. The van der Waals surface area contributed by atoms with Gasteiger partial charge in [-0.15, -0.1) is 0 Å². The van der Waals surface area contributed by atoms with Gasteiger partial charge in [0.25, 0.3) is 0 Å². The molecule has 0 atom stereocenters. The van der Waals surface area contributed by atoms with Crippen molar-refractivity contribution in [3.63, 3.8) is 0 Å². The minimum atomic E-state index is -0.0414. The average molecular weight is 611 g/mol. The van der Waals surface area contributed by atoms with Gasteiger partial charge in [-0.1, -0.05) is 141 Å². The van der Waals surface area contributed by atoms with E-state index in [9.17, 15) is 0 Å². The Bertz CT molecular complexity index is 2970. The molecule has 1 nitrogen and oxygen atoms in total. The van der Waals surface area contributed by atoms with Crippen molar-refractivity contribution in [1.29, 1.82) is 0 Å². The molecule has 0 amide bonds. The van der Waals surface area contributed by atoms with Crippen LogP contribution in [0.15, 0.2) is 150 Å². The van der Waals surface area contributed by atoms with Crippen molar-refractivity contribution in [3.8, 4) is 22.3 Å². The van der Waals surface area contributed by atoms with E-state index in [4.69, 9.17) is 4.42 Å². The highest BCUT2D eigenvalue weighted by Gasteiger charge is 2.34. The monoisotopic (exact) mass is 610 g/mol. The fourth-order valence-corrected chi connectivity index (χ4v) is 9.10. The fourth-order valence-electron chi connectivity index (χ4n) is 9.10. The highest BCUT2D eigenvalue weighted by molar-refractivity contribution is 6.31. The van der Waals surface area contributed by atoms with E-state index in [0.717, 1.165) is 27.5 Å². The summed E-state index contributed by atoms with van der Waals surface area (Å²) in [4.78, 5) is 0. The number of rotatable bonds is 2. The maximum absolute atomic E-state index is 6.80. The standard InChI is InChI=1S/C47H30O/c1-47(2)38-22-11-14-28-26-36(35-21-12-23-39(47)44(35)41(28)38)42-31-17-5-7-19-33(31)43(34-20-8-6-18-32(34)42)45-29-15-4-3-13-27(29)25-37-30-16-9-10-24-40(30)48-46(37)45/h3-26H,1-2H3. The van der Waals surface area contributed by atoms with Gasteiger partial charge in [0.15, 0.2) is 0 Å². The second-order valence-electron chi connectivity index (χ2n) is 14.0. The number of benzene rings is 9. The summed E-state index contributed by atoms with van der Waals surface area (Å²) < 4.78 is 6.80. The van der Waals surface area contributed by atoms with Crippen molar-refractivity contribution < 1.29 is 4.42 Å². The Hall–Kier alpha value is -5.92. The van der Waals surface area contributed by atoms with Crippen molar-refractivity contribution in [3.05, 3.63) is 157 Å². The number of hydrogen-bond acceptors (Lipinski definition) is 1. The van der Waals surface area contributed by atoms with E-state index >= 15 is 0 Å². The summed E-state index contributed by atoms with van der Waals surface area (Å²) in [6.07, 6.45) is 0. The van der Waals surface area contributed by atoms with E-state index in [1.54, 1.807) is 0 Å². The third-order valence-corrected chi connectivity index (χ3v) is 11.2. The first kappa shape index (κ1) is 26.2. The van der Waals surface area contributed by atoms with Crippen molar-refractivity contribution in [1.82, 2.24) is 0 Å². The molecule has 0 radical (unpaired) electrons. The highest BCUT2D eigenvalue weighted by atomic mass is 16.3. The molecule has 11 rings (SSSR count). The second kappa shape index (κ2) is 9.12. The summed E-state index contributed by atoms with van der Waals surface area (Å²) in [7, 11) is 0. The SMILES string of the molecule is CC1(C)c2cccc3cc(-c4c5ccccc5c(-c5c6ccccc6cc6c5oc5ccccc56)c5ccccc45)c4cccc1c4c23. The minimum absolute atomic E-state index is 0.0414. The van der Waals surface area contributed by atoms with Gasteiger partial charge in [0, 0.05) is 27.3 Å². The lowest BCUT2D eigenvalue weighted by atomic mass is 9.81. The predicted octanol–water partition coefficient (Wildman–Crippen LogP) is 13.3. The van der Waals surface area contributed by atoms with E-state index in [1.807, 2.05) is 0 Å². The Balaban J connectivity index is 1.35. The van der Waals surface area contributed by atoms with Crippen LogP contribution in [0.2, 0.25) is 0 Å². The van der Waals surface area contributed by atoms with Gasteiger partial charge >= 0.3 is 0 Å². The lowest BCUT2D eigenvalue weighted by Gasteiger charge is -2.22. The highest BCUT2D eigenvalue weighted by Crippen LogP contribution is 2.54. The van der Waals surface area contributed by atoms with Crippen LogP contribution < -0.4 is 0 Å². The minimum Gasteiger partial charge on any atom is -0.455 e. The Morgan fingerprint density at radius 2 is 0.938 bits per heavy atom. The summed E-state index contributed by atoms with van der Waals surface area (Å²) in [5, 5.41) is 15.1. The molecule has 0 spiro atoms. The third-order valence-electron chi connectivity index (χ3n) is 11.2. The Morgan fingerprint density at radius 1 is 0.396 bits per heavy atom. The van der Waals surface area contributed by atoms with Crippen LogP contribution in [-0.4, -0.2) is 0 Å². The van der Waals surface area contributed by atoms with Gasteiger partial charge < -0.3 is 4.42 Å². The molecular weight excluding hydrogens is 581 g/mol. The number of fused-ring (bicyclic) bond motifs is 6. The first-order valence-corrected chi connectivity index (χ1v) is 16.9. The van der Waals surface area contributed by atoms with E-state index in [2.05, 4.69) is 159 Å².